The van der Waals surface area contributed by atoms with E-state index in [1.807, 2.05) is 0 Å². The second kappa shape index (κ2) is 6.35. The molecule has 0 aromatic heterocycles. The zero-order chi connectivity index (χ0) is 16.4. The van der Waals surface area contributed by atoms with E-state index in [1.165, 1.54) is 28.6 Å². The molecule has 2 aromatic carbocycles. The lowest BCUT2D eigenvalue weighted by Crippen LogP contribution is -2.43. The summed E-state index contributed by atoms with van der Waals surface area (Å²) in [6.45, 7) is 0.645. The first-order chi connectivity index (χ1) is 11.0. The Morgan fingerprint density at radius 3 is 2.13 bits per heavy atom. The number of morpholine rings is 1. The molecule has 122 valence electrons. The van der Waals surface area contributed by atoms with Crippen molar-refractivity contribution in [1.29, 1.82) is 0 Å². The lowest BCUT2D eigenvalue weighted by molar-refractivity contribution is 0.0320. The minimum atomic E-state index is -3.79. The van der Waals surface area contributed by atoms with E-state index in [0.29, 0.717) is 5.56 Å². The maximum atomic E-state index is 13.1. The minimum Gasteiger partial charge on any atom is -0.378 e. The van der Waals surface area contributed by atoms with Crippen LogP contribution in [0.25, 0.3) is 0 Å². The fourth-order valence-corrected chi connectivity index (χ4v) is 4.15. The van der Waals surface area contributed by atoms with Crippen molar-refractivity contribution in [2.45, 2.75) is 10.9 Å². The van der Waals surface area contributed by atoms with E-state index >= 15 is 0 Å². The van der Waals surface area contributed by atoms with Gasteiger partial charge in [-0.15, -0.1) is 0 Å². The van der Waals surface area contributed by atoms with Gasteiger partial charge in [0.2, 0.25) is 10.0 Å². The molecule has 1 aliphatic heterocycles. The summed E-state index contributed by atoms with van der Waals surface area (Å²) in [5.74, 6) is -0.889. The summed E-state index contributed by atoms with van der Waals surface area (Å²) in [6.07, 6.45) is 0. The molecule has 23 heavy (non-hydrogen) atoms. The molecule has 2 aromatic rings. The van der Waals surface area contributed by atoms with Gasteiger partial charge < -0.3 is 4.74 Å². The predicted octanol–water partition coefficient (Wildman–Crippen LogP) is 2.73. The summed E-state index contributed by atoms with van der Waals surface area (Å²) in [7, 11) is -3.79. The van der Waals surface area contributed by atoms with Gasteiger partial charge in [-0.05, 0) is 42.0 Å². The van der Waals surface area contributed by atoms with Crippen LogP contribution in [0.2, 0.25) is 0 Å². The highest BCUT2D eigenvalue weighted by atomic mass is 32.2. The van der Waals surface area contributed by atoms with Crippen molar-refractivity contribution < 1.29 is 21.9 Å². The highest BCUT2D eigenvalue weighted by Gasteiger charge is 2.35. The molecule has 0 spiro atoms. The average molecular weight is 339 g/mol. The molecule has 1 aliphatic rings. The largest absolute Gasteiger partial charge is 0.378 e. The lowest BCUT2D eigenvalue weighted by Gasteiger charge is -2.34. The van der Waals surface area contributed by atoms with Crippen LogP contribution in [0.1, 0.15) is 11.6 Å². The van der Waals surface area contributed by atoms with Crippen LogP contribution < -0.4 is 0 Å². The molecule has 1 fully saturated rings. The van der Waals surface area contributed by atoms with Gasteiger partial charge in [-0.25, -0.2) is 17.2 Å². The number of benzene rings is 2. The van der Waals surface area contributed by atoms with Crippen molar-refractivity contribution in [2.24, 2.45) is 0 Å². The molecule has 0 bridgehead atoms. The first kappa shape index (κ1) is 16.0. The number of ether oxygens (including phenoxy) is 1. The van der Waals surface area contributed by atoms with Gasteiger partial charge in [0.05, 0.1) is 24.2 Å². The molecule has 0 radical (unpaired) electrons. The molecule has 0 N–H and O–H groups in total. The van der Waals surface area contributed by atoms with Gasteiger partial charge in [-0.2, -0.15) is 4.31 Å². The standard InChI is InChI=1S/C16H15F2NO3S/c17-13-3-1-12(2-4-13)16-11-22-10-9-19(16)23(20,21)15-7-5-14(18)6-8-15/h1-8,16H,9-11H2. The second-order valence-electron chi connectivity index (χ2n) is 5.21. The molecular weight excluding hydrogens is 324 g/mol. The topological polar surface area (TPSA) is 46.6 Å². The van der Waals surface area contributed by atoms with Crippen LogP contribution in [0, 0.1) is 11.6 Å². The van der Waals surface area contributed by atoms with E-state index < -0.39 is 27.7 Å². The summed E-state index contributed by atoms with van der Waals surface area (Å²) < 4.78 is 58.5. The predicted molar refractivity (Wildman–Crippen MR) is 80.3 cm³/mol. The van der Waals surface area contributed by atoms with Crippen LogP contribution in [0.15, 0.2) is 53.4 Å². The minimum absolute atomic E-state index is 0.0212. The van der Waals surface area contributed by atoms with Crippen LogP contribution in [-0.4, -0.2) is 32.5 Å². The number of halogens is 2. The normalized spacial score (nSPS) is 19.7. The Kier molecular flexibility index (Phi) is 4.43. The zero-order valence-corrected chi connectivity index (χ0v) is 13.0. The van der Waals surface area contributed by atoms with Crippen molar-refractivity contribution in [3.8, 4) is 0 Å². The van der Waals surface area contributed by atoms with Gasteiger partial charge in [-0.1, -0.05) is 12.1 Å². The summed E-state index contributed by atoms with van der Waals surface area (Å²) >= 11 is 0. The Labute approximate surface area is 133 Å². The van der Waals surface area contributed by atoms with Crippen LogP contribution in [0.5, 0.6) is 0 Å². The Hall–Kier alpha value is -1.83. The van der Waals surface area contributed by atoms with Gasteiger partial charge in [0.15, 0.2) is 0 Å². The van der Waals surface area contributed by atoms with E-state index in [1.54, 1.807) is 12.1 Å². The number of rotatable bonds is 3. The van der Waals surface area contributed by atoms with Crippen LogP contribution >= 0.6 is 0 Å². The third-order valence-electron chi connectivity index (χ3n) is 3.75. The average Bonchev–Trinajstić information content (AvgIpc) is 2.56. The number of nitrogens with zero attached hydrogens (tertiary/aromatic N) is 1. The third kappa shape index (κ3) is 3.26. The molecule has 0 saturated carbocycles. The number of hydrogen-bond donors (Lipinski definition) is 0. The zero-order valence-electron chi connectivity index (χ0n) is 12.2. The van der Waals surface area contributed by atoms with Crippen LogP contribution in [-0.2, 0) is 14.8 Å². The fraction of sp³-hybridized carbons (Fsp3) is 0.250. The quantitative estimate of drug-likeness (QED) is 0.864. The second-order valence-corrected chi connectivity index (χ2v) is 7.10. The van der Waals surface area contributed by atoms with E-state index in [2.05, 4.69) is 0 Å². The molecule has 1 heterocycles. The number of sulfonamides is 1. The summed E-state index contributed by atoms with van der Waals surface area (Å²) in [4.78, 5) is 0.0212. The van der Waals surface area contributed by atoms with E-state index in [4.69, 9.17) is 4.74 Å². The molecule has 0 amide bonds. The van der Waals surface area contributed by atoms with E-state index in [0.717, 1.165) is 12.1 Å². The molecule has 0 aliphatic carbocycles. The van der Waals surface area contributed by atoms with Gasteiger partial charge in [0.1, 0.15) is 11.6 Å². The highest BCUT2D eigenvalue weighted by molar-refractivity contribution is 7.89. The monoisotopic (exact) mass is 339 g/mol. The van der Waals surface area contributed by atoms with Crippen LogP contribution in [0.4, 0.5) is 8.78 Å². The van der Waals surface area contributed by atoms with Crippen molar-refractivity contribution >= 4 is 10.0 Å². The van der Waals surface area contributed by atoms with Gasteiger partial charge in [0.25, 0.3) is 0 Å². The third-order valence-corrected chi connectivity index (χ3v) is 5.68. The van der Waals surface area contributed by atoms with Gasteiger partial charge >= 0.3 is 0 Å². The molecule has 7 heteroatoms. The first-order valence-electron chi connectivity index (χ1n) is 7.09. The van der Waals surface area contributed by atoms with Crippen molar-refractivity contribution in [2.75, 3.05) is 19.8 Å². The lowest BCUT2D eigenvalue weighted by atomic mass is 10.1. The van der Waals surface area contributed by atoms with Gasteiger partial charge in [-0.3, -0.25) is 0 Å². The molecule has 4 nitrogen and oxygen atoms in total. The summed E-state index contributed by atoms with van der Waals surface area (Å²) in [5.41, 5.74) is 0.650. The van der Waals surface area contributed by atoms with Crippen molar-refractivity contribution in [3.05, 3.63) is 65.7 Å². The van der Waals surface area contributed by atoms with Crippen molar-refractivity contribution in [1.82, 2.24) is 4.31 Å². The smallest absolute Gasteiger partial charge is 0.243 e. The molecule has 3 rings (SSSR count). The number of hydrogen-bond acceptors (Lipinski definition) is 3. The first-order valence-corrected chi connectivity index (χ1v) is 8.53. The molecular formula is C16H15F2NO3S. The Balaban J connectivity index is 1.97. The van der Waals surface area contributed by atoms with E-state index in [-0.39, 0.29) is 24.7 Å². The molecule has 1 unspecified atom stereocenters. The summed E-state index contributed by atoms with van der Waals surface area (Å²) in [6, 6.07) is 9.81. The van der Waals surface area contributed by atoms with Crippen molar-refractivity contribution in [3.63, 3.8) is 0 Å². The highest BCUT2D eigenvalue weighted by Crippen LogP contribution is 2.30. The fourth-order valence-electron chi connectivity index (χ4n) is 2.57. The maximum absolute atomic E-state index is 13.1. The van der Waals surface area contributed by atoms with Gasteiger partial charge in [0, 0.05) is 6.54 Å². The SMILES string of the molecule is O=S(=O)(c1ccc(F)cc1)N1CCOCC1c1ccc(F)cc1. The molecule has 1 atom stereocenters. The Morgan fingerprint density at radius 2 is 1.52 bits per heavy atom. The Bertz CT molecular complexity index is 776. The Morgan fingerprint density at radius 1 is 0.957 bits per heavy atom. The maximum Gasteiger partial charge on any atom is 0.243 e. The van der Waals surface area contributed by atoms with E-state index in [9.17, 15) is 17.2 Å². The summed E-state index contributed by atoms with van der Waals surface area (Å²) in [5, 5.41) is 0. The van der Waals surface area contributed by atoms with Crippen LogP contribution in [0.3, 0.4) is 0 Å². The molecule has 1 saturated heterocycles.